The summed E-state index contributed by atoms with van der Waals surface area (Å²) in [5.74, 6) is 0.169. The molecule has 0 amide bonds. The normalized spacial score (nSPS) is 12.5. The summed E-state index contributed by atoms with van der Waals surface area (Å²) in [6.07, 6.45) is 1.63. The second-order valence-electron chi connectivity index (χ2n) is 5.14. The molecule has 2 aromatic carbocycles. The predicted molar refractivity (Wildman–Crippen MR) is 95.7 cm³/mol. The summed E-state index contributed by atoms with van der Waals surface area (Å²) in [5, 5.41) is 0. The topological polar surface area (TPSA) is 60.7 Å². The molecule has 1 aromatic heterocycles. The number of halogens is 1. The monoisotopic (exact) mass is 378 g/mol. The van der Waals surface area contributed by atoms with Crippen LogP contribution in [-0.2, 0) is 16.6 Å². The summed E-state index contributed by atoms with van der Waals surface area (Å²) < 4.78 is 49.9. The molecule has 3 rings (SSSR count). The quantitative estimate of drug-likeness (QED) is 0.640. The maximum atomic E-state index is 13.5. The Bertz CT molecular complexity index is 1100. The molecule has 3 aromatic rings. The van der Waals surface area contributed by atoms with Gasteiger partial charge >= 0.3 is 0 Å². The van der Waals surface area contributed by atoms with E-state index in [4.69, 9.17) is 4.74 Å². The van der Waals surface area contributed by atoms with Crippen LogP contribution in [0.5, 0.6) is 5.75 Å². The number of nitrogens with zero attached hydrogens (tertiary/aromatic N) is 2. The van der Waals surface area contributed by atoms with Gasteiger partial charge in [0.05, 0.1) is 22.2 Å². The van der Waals surface area contributed by atoms with E-state index in [1.54, 1.807) is 28.8 Å². The van der Waals surface area contributed by atoms with E-state index in [0.29, 0.717) is 22.5 Å². The first kappa shape index (κ1) is 17.4. The molecule has 0 spiro atoms. The Hall–Kier alpha value is -2.45. The molecule has 130 valence electrons. The standard InChI is InChI=1S/C17H15FN2O3S2/c1-3-10-20-15-9-4-12(18)11-16(15)24-17(20)19-25(21,22)14-7-5-13(23-2)6-8-14/h3-9,11H,1,10H2,2H3. The minimum absolute atomic E-state index is 0.0575. The number of allylic oxidation sites excluding steroid dienone is 1. The highest BCUT2D eigenvalue weighted by atomic mass is 32.2. The number of sulfonamides is 1. The lowest BCUT2D eigenvalue weighted by Crippen LogP contribution is -2.16. The molecule has 25 heavy (non-hydrogen) atoms. The van der Waals surface area contributed by atoms with Gasteiger partial charge in [-0.1, -0.05) is 17.4 Å². The number of rotatable bonds is 5. The largest absolute Gasteiger partial charge is 0.497 e. The average molecular weight is 378 g/mol. The molecular formula is C17H15FN2O3S2. The van der Waals surface area contributed by atoms with Gasteiger partial charge in [-0.2, -0.15) is 8.42 Å². The van der Waals surface area contributed by atoms with Gasteiger partial charge < -0.3 is 9.30 Å². The fourth-order valence-corrected chi connectivity index (χ4v) is 4.59. The Morgan fingerprint density at radius 3 is 2.64 bits per heavy atom. The first-order chi connectivity index (χ1) is 11.9. The number of thiazole rings is 1. The maximum Gasteiger partial charge on any atom is 0.285 e. The summed E-state index contributed by atoms with van der Waals surface area (Å²) in [4.78, 5) is 0.318. The highest BCUT2D eigenvalue weighted by molar-refractivity contribution is 7.90. The number of aromatic nitrogens is 1. The van der Waals surface area contributed by atoms with Crippen molar-refractivity contribution in [3.8, 4) is 5.75 Å². The molecule has 0 aliphatic carbocycles. The van der Waals surface area contributed by atoms with Crippen LogP contribution in [0.1, 0.15) is 0 Å². The molecule has 0 aliphatic heterocycles. The third kappa shape index (κ3) is 3.49. The van der Waals surface area contributed by atoms with Crippen LogP contribution in [0.3, 0.4) is 0 Å². The SMILES string of the molecule is C=CCn1c(=NS(=O)(=O)c2ccc(OC)cc2)sc2cc(F)ccc21. The van der Waals surface area contributed by atoms with E-state index in [0.717, 1.165) is 11.3 Å². The van der Waals surface area contributed by atoms with Crippen LogP contribution < -0.4 is 9.54 Å². The Labute approximate surface area is 148 Å². The van der Waals surface area contributed by atoms with Gasteiger partial charge in [0.1, 0.15) is 11.6 Å². The zero-order chi connectivity index (χ0) is 18.0. The number of ether oxygens (including phenoxy) is 1. The predicted octanol–water partition coefficient (Wildman–Crippen LogP) is 3.33. The summed E-state index contributed by atoms with van der Waals surface area (Å²) >= 11 is 1.11. The third-order valence-corrected chi connectivity index (χ3v) is 5.95. The van der Waals surface area contributed by atoms with Crippen LogP contribution >= 0.6 is 11.3 Å². The summed E-state index contributed by atoms with van der Waals surface area (Å²) in [7, 11) is -2.40. The molecular weight excluding hydrogens is 363 g/mol. The first-order valence-electron chi connectivity index (χ1n) is 7.29. The second kappa shape index (κ2) is 6.81. The minimum atomic E-state index is -3.91. The van der Waals surface area contributed by atoms with E-state index in [2.05, 4.69) is 11.0 Å². The van der Waals surface area contributed by atoms with Crippen molar-refractivity contribution in [1.29, 1.82) is 0 Å². The number of benzene rings is 2. The molecule has 1 heterocycles. The van der Waals surface area contributed by atoms with E-state index in [1.807, 2.05) is 0 Å². The maximum absolute atomic E-state index is 13.5. The molecule has 0 unspecified atom stereocenters. The second-order valence-corrected chi connectivity index (χ2v) is 7.75. The van der Waals surface area contributed by atoms with Gasteiger partial charge in [-0.25, -0.2) is 4.39 Å². The van der Waals surface area contributed by atoms with Crippen molar-refractivity contribution in [2.75, 3.05) is 7.11 Å². The Kier molecular flexibility index (Phi) is 4.73. The van der Waals surface area contributed by atoms with Gasteiger partial charge in [-0.05, 0) is 42.5 Å². The van der Waals surface area contributed by atoms with Crippen LogP contribution in [0.15, 0.2) is 64.4 Å². The average Bonchev–Trinajstić information content (AvgIpc) is 2.91. The molecule has 0 atom stereocenters. The number of hydrogen-bond acceptors (Lipinski definition) is 4. The lowest BCUT2D eigenvalue weighted by Gasteiger charge is -2.03. The lowest BCUT2D eigenvalue weighted by atomic mass is 10.3. The van der Waals surface area contributed by atoms with Crippen LogP contribution in [0.2, 0.25) is 0 Å². The molecule has 0 saturated heterocycles. The van der Waals surface area contributed by atoms with Crippen LogP contribution in [0.25, 0.3) is 10.2 Å². The smallest absolute Gasteiger partial charge is 0.285 e. The van der Waals surface area contributed by atoms with Gasteiger partial charge in [-0.3, -0.25) is 0 Å². The Morgan fingerprint density at radius 2 is 2.00 bits per heavy atom. The zero-order valence-corrected chi connectivity index (χ0v) is 15.0. The van der Waals surface area contributed by atoms with E-state index in [1.165, 1.54) is 31.4 Å². The Morgan fingerprint density at radius 1 is 1.28 bits per heavy atom. The Balaban J connectivity index is 2.18. The summed E-state index contributed by atoms with van der Waals surface area (Å²) in [5.41, 5.74) is 0.704. The van der Waals surface area contributed by atoms with Crippen LogP contribution in [0, 0.1) is 5.82 Å². The minimum Gasteiger partial charge on any atom is -0.497 e. The van der Waals surface area contributed by atoms with Crippen LogP contribution in [-0.4, -0.2) is 20.1 Å². The summed E-state index contributed by atoms with van der Waals surface area (Å²) in [6.45, 7) is 4.04. The number of hydrogen-bond donors (Lipinski definition) is 0. The summed E-state index contributed by atoms with van der Waals surface area (Å²) in [6, 6.07) is 10.3. The highest BCUT2D eigenvalue weighted by Crippen LogP contribution is 2.21. The molecule has 0 fully saturated rings. The highest BCUT2D eigenvalue weighted by Gasteiger charge is 2.15. The van der Waals surface area contributed by atoms with Crippen molar-refractivity contribution in [1.82, 2.24) is 4.57 Å². The first-order valence-corrected chi connectivity index (χ1v) is 9.55. The van der Waals surface area contributed by atoms with Crippen molar-refractivity contribution in [2.45, 2.75) is 11.4 Å². The molecule has 0 bridgehead atoms. The molecule has 8 heteroatoms. The van der Waals surface area contributed by atoms with Crippen molar-refractivity contribution >= 4 is 31.6 Å². The van der Waals surface area contributed by atoms with E-state index in [-0.39, 0.29) is 15.5 Å². The molecule has 5 nitrogen and oxygen atoms in total. The fourth-order valence-electron chi connectivity index (χ4n) is 2.33. The number of methoxy groups -OCH3 is 1. The molecule has 0 aliphatic rings. The molecule has 0 N–H and O–H groups in total. The van der Waals surface area contributed by atoms with E-state index >= 15 is 0 Å². The lowest BCUT2D eigenvalue weighted by molar-refractivity contribution is 0.414. The zero-order valence-electron chi connectivity index (χ0n) is 13.3. The van der Waals surface area contributed by atoms with E-state index in [9.17, 15) is 12.8 Å². The van der Waals surface area contributed by atoms with Gasteiger partial charge in [0.2, 0.25) is 4.80 Å². The van der Waals surface area contributed by atoms with Crippen LogP contribution in [0.4, 0.5) is 4.39 Å². The van der Waals surface area contributed by atoms with Crippen molar-refractivity contribution in [2.24, 2.45) is 4.40 Å². The number of fused-ring (bicyclic) bond motifs is 1. The van der Waals surface area contributed by atoms with Gasteiger partial charge in [0, 0.05) is 6.54 Å². The molecule has 0 radical (unpaired) electrons. The van der Waals surface area contributed by atoms with Crippen molar-refractivity contribution in [3.05, 3.63) is 65.7 Å². The fraction of sp³-hybridized carbons (Fsp3) is 0.118. The third-order valence-electron chi connectivity index (χ3n) is 3.51. The van der Waals surface area contributed by atoms with Gasteiger partial charge in [-0.15, -0.1) is 11.0 Å². The van der Waals surface area contributed by atoms with E-state index < -0.39 is 10.0 Å². The van der Waals surface area contributed by atoms with Crippen molar-refractivity contribution < 1.29 is 17.5 Å². The molecule has 0 saturated carbocycles. The van der Waals surface area contributed by atoms with Crippen molar-refractivity contribution in [3.63, 3.8) is 0 Å². The van der Waals surface area contributed by atoms with Gasteiger partial charge in [0.25, 0.3) is 10.0 Å². The van der Waals surface area contributed by atoms with Gasteiger partial charge in [0.15, 0.2) is 0 Å².